The molecule has 22 heavy (non-hydrogen) atoms. The predicted octanol–water partition coefficient (Wildman–Crippen LogP) is 2.76. The van der Waals surface area contributed by atoms with Gasteiger partial charge in [0, 0.05) is 17.8 Å². The topological polar surface area (TPSA) is 73.8 Å². The molecule has 0 aliphatic carbocycles. The Hall–Kier alpha value is -2.76. The van der Waals surface area contributed by atoms with Gasteiger partial charge in [-0.15, -0.1) is 0 Å². The first-order valence-electron chi connectivity index (χ1n) is 6.91. The first kappa shape index (κ1) is 14.2. The molecule has 0 atom stereocenters. The van der Waals surface area contributed by atoms with E-state index in [1.165, 1.54) is 16.7 Å². The van der Waals surface area contributed by atoms with Crippen LogP contribution in [-0.4, -0.2) is 14.5 Å². The zero-order chi connectivity index (χ0) is 15.9. The quantitative estimate of drug-likeness (QED) is 0.789. The third-order valence-corrected chi connectivity index (χ3v) is 3.42. The van der Waals surface area contributed by atoms with Crippen LogP contribution in [0.3, 0.4) is 0 Å². The number of hydrogen-bond acceptors (Lipinski definition) is 4. The Kier molecular flexibility index (Phi) is 3.36. The number of halogens is 1. The summed E-state index contributed by atoms with van der Waals surface area (Å²) in [6.07, 6.45) is 1.54. The van der Waals surface area contributed by atoms with Crippen LogP contribution in [0.5, 0.6) is 0 Å². The molecule has 2 heterocycles. The summed E-state index contributed by atoms with van der Waals surface area (Å²) in [5.74, 6) is -0.422. The van der Waals surface area contributed by atoms with Crippen molar-refractivity contribution in [2.75, 3.05) is 5.73 Å². The highest BCUT2D eigenvalue weighted by atomic mass is 19.1. The Balaban J connectivity index is 2.44. The molecule has 0 radical (unpaired) electrons. The normalized spacial score (nSPS) is 11.3. The highest BCUT2D eigenvalue weighted by Crippen LogP contribution is 2.22. The molecule has 0 amide bonds. The van der Waals surface area contributed by atoms with Crippen molar-refractivity contribution in [2.24, 2.45) is 0 Å². The Labute approximate surface area is 126 Å². The maximum Gasteiger partial charge on any atom is 0.278 e. The fourth-order valence-electron chi connectivity index (χ4n) is 2.42. The molecule has 0 bridgehead atoms. The summed E-state index contributed by atoms with van der Waals surface area (Å²) in [6, 6.07) is 7.30. The molecule has 0 aliphatic heterocycles. The van der Waals surface area contributed by atoms with E-state index in [9.17, 15) is 9.18 Å². The molecule has 112 valence electrons. The third kappa shape index (κ3) is 2.22. The van der Waals surface area contributed by atoms with Gasteiger partial charge in [-0.25, -0.2) is 14.4 Å². The number of pyridine rings is 1. The van der Waals surface area contributed by atoms with Gasteiger partial charge in [0.25, 0.3) is 5.56 Å². The zero-order valence-corrected chi connectivity index (χ0v) is 12.2. The number of hydrogen-bond donors (Lipinski definition) is 1. The highest BCUT2D eigenvalue weighted by Gasteiger charge is 2.17. The molecule has 0 unspecified atom stereocenters. The molecule has 2 aromatic heterocycles. The summed E-state index contributed by atoms with van der Waals surface area (Å²) in [4.78, 5) is 21.3. The van der Waals surface area contributed by atoms with Gasteiger partial charge in [-0.1, -0.05) is 12.1 Å². The van der Waals surface area contributed by atoms with E-state index in [-0.39, 0.29) is 17.3 Å². The zero-order valence-electron chi connectivity index (χ0n) is 12.2. The summed E-state index contributed by atoms with van der Waals surface area (Å²) >= 11 is 0. The van der Waals surface area contributed by atoms with Gasteiger partial charge in [0.1, 0.15) is 17.0 Å². The second kappa shape index (κ2) is 5.22. The van der Waals surface area contributed by atoms with Crippen molar-refractivity contribution in [3.05, 3.63) is 52.7 Å². The number of benzene rings is 1. The van der Waals surface area contributed by atoms with Crippen molar-refractivity contribution in [2.45, 2.75) is 19.9 Å². The SMILES string of the molecule is CC(C)n1c(=O)c(-c2cccc(F)c2)nc2c(N)ccnc21. The molecule has 1 aromatic carbocycles. The van der Waals surface area contributed by atoms with E-state index >= 15 is 0 Å². The van der Waals surface area contributed by atoms with E-state index in [4.69, 9.17) is 5.73 Å². The van der Waals surface area contributed by atoms with Gasteiger partial charge in [0.2, 0.25) is 0 Å². The molecule has 5 nitrogen and oxygen atoms in total. The summed E-state index contributed by atoms with van der Waals surface area (Å²) < 4.78 is 15.0. The Bertz CT molecular complexity index is 918. The van der Waals surface area contributed by atoms with Gasteiger partial charge < -0.3 is 5.73 Å². The van der Waals surface area contributed by atoms with Gasteiger partial charge in [-0.2, -0.15) is 0 Å². The standard InChI is InChI=1S/C16H15FN4O/c1-9(2)21-15-14(12(18)6-7-19-15)20-13(16(21)22)10-4-3-5-11(17)8-10/h3-9H,1-2H3,(H2,18,19). The average Bonchev–Trinajstić information content (AvgIpc) is 2.46. The van der Waals surface area contributed by atoms with E-state index in [0.29, 0.717) is 22.4 Å². The summed E-state index contributed by atoms with van der Waals surface area (Å²) in [5.41, 5.74) is 7.53. The largest absolute Gasteiger partial charge is 0.397 e. The number of rotatable bonds is 2. The lowest BCUT2D eigenvalue weighted by Crippen LogP contribution is -2.26. The second-order valence-electron chi connectivity index (χ2n) is 5.31. The van der Waals surface area contributed by atoms with Gasteiger partial charge in [-0.3, -0.25) is 9.36 Å². The fraction of sp³-hybridized carbons (Fsp3) is 0.188. The minimum absolute atomic E-state index is 0.125. The van der Waals surface area contributed by atoms with Crippen molar-refractivity contribution in [3.8, 4) is 11.3 Å². The molecule has 6 heteroatoms. The van der Waals surface area contributed by atoms with Crippen LogP contribution in [0.25, 0.3) is 22.4 Å². The summed E-state index contributed by atoms with van der Waals surface area (Å²) in [6.45, 7) is 3.75. The molecule has 0 fully saturated rings. The highest BCUT2D eigenvalue weighted by molar-refractivity contribution is 5.85. The van der Waals surface area contributed by atoms with Crippen LogP contribution in [-0.2, 0) is 0 Å². The molecule has 0 aliphatic rings. The van der Waals surface area contributed by atoms with Gasteiger partial charge >= 0.3 is 0 Å². The van der Waals surface area contributed by atoms with Crippen LogP contribution in [0.2, 0.25) is 0 Å². The minimum Gasteiger partial charge on any atom is -0.397 e. The Morgan fingerprint density at radius 1 is 1.27 bits per heavy atom. The third-order valence-electron chi connectivity index (χ3n) is 3.42. The van der Waals surface area contributed by atoms with E-state index < -0.39 is 5.82 Å². The van der Waals surface area contributed by atoms with Gasteiger partial charge in [0.05, 0.1) is 5.69 Å². The molecule has 3 aromatic rings. The molecule has 0 saturated carbocycles. The van der Waals surface area contributed by atoms with Crippen LogP contribution in [0.1, 0.15) is 19.9 Å². The van der Waals surface area contributed by atoms with Crippen LogP contribution in [0.4, 0.5) is 10.1 Å². The van der Waals surface area contributed by atoms with Crippen LogP contribution in [0.15, 0.2) is 41.3 Å². The predicted molar refractivity (Wildman–Crippen MR) is 84.0 cm³/mol. The molecular formula is C16H15FN4O. The molecular weight excluding hydrogens is 283 g/mol. The Morgan fingerprint density at radius 2 is 2.05 bits per heavy atom. The first-order valence-corrected chi connectivity index (χ1v) is 6.91. The van der Waals surface area contributed by atoms with Crippen LogP contribution < -0.4 is 11.3 Å². The average molecular weight is 298 g/mol. The van der Waals surface area contributed by atoms with Crippen molar-refractivity contribution in [1.29, 1.82) is 0 Å². The number of aromatic nitrogens is 3. The molecule has 2 N–H and O–H groups in total. The van der Waals surface area contributed by atoms with Crippen molar-refractivity contribution < 1.29 is 4.39 Å². The molecule has 0 saturated heterocycles. The number of anilines is 1. The van der Waals surface area contributed by atoms with Crippen molar-refractivity contribution in [3.63, 3.8) is 0 Å². The number of nitrogens with zero attached hydrogens (tertiary/aromatic N) is 3. The Morgan fingerprint density at radius 3 is 2.73 bits per heavy atom. The summed E-state index contributed by atoms with van der Waals surface area (Å²) in [5, 5.41) is 0. The number of nitrogens with two attached hydrogens (primary N) is 1. The second-order valence-corrected chi connectivity index (χ2v) is 5.31. The van der Waals surface area contributed by atoms with E-state index in [0.717, 1.165) is 0 Å². The maximum atomic E-state index is 13.5. The van der Waals surface area contributed by atoms with Gasteiger partial charge in [-0.05, 0) is 32.0 Å². The fourth-order valence-corrected chi connectivity index (χ4v) is 2.42. The lowest BCUT2D eigenvalue weighted by molar-refractivity contribution is 0.593. The van der Waals surface area contributed by atoms with Gasteiger partial charge in [0.15, 0.2) is 5.65 Å². The van der Waals surface area contributed by atoms with Crippen molar-refractivity contribution in [1.82, 2.24) is 14.5 Å². The lowest BCUT2D eigenvalue weighted by atomic mass is 10.1. The van der Waals surface area contributed by atoms with Crippen molar-refractivity contribution >= 4 is 16.9 Å². The smallest absolute Gasteiger partial charge is 0.278 e. The van der Waals surface area contributed by atoms with E-state index in [1.807, 2.05) is 13.8 Å². The monoisotopic (exact) mass is 298 g/mol. The summed E-state index contributed by atoms with van der Waals surface area (Å²) in [7, 11) is 0. The molecule has 0 spiro atoms. The lowest BCUT2D eigenvalue weighted by Gasteiger charge is -2.15. The maximum absolute atomic E-state index is 13.5. The van der Waals surface area contributed by atoms with Crippen LogP contribution in [0, 0.1) is 5.82 Å². The van der Waals surface area contributed by atoms with E-state index in [1.54, 1.807) is 24.4 Å². The number of nitrogen functional groups attached to an aromatic ring is 1. The number of fused-ring (bicyclic) bond motifs is 1. The molecule has 3 rings (SSSR count). The van der Waals surface area contributed by atoms with E-state index in [2.05, 4.69) is 9.97 Å². The first-order chi connectivity index (χ1) is 10.5. The van der Waals surface area contributed by atoms with Crippen LogP contribution >= 0.6 is 0 Å². The minimum atomic E-state index is -0.422.